The largest absolute Gasteiger partial charge is 0.356 e. The molecule has 0 spiro atoms. The van der Waals surface area contributed by atoms with E-state index in [-0.39, 0.29) is 24.8 Å². The summed E-state index contributed by atoms with van der Waals surface area (Å²) in [6, 6.07) is 4.92. The molecule has 27 heavy (non-hydrogen) atoms. The second-order valence-corrected chi connectivity index (χ2v) is 7.17. The maximum absolute atomic E-state index is 12.8. The fraction of sp³-hybridized carbons (Fsp3) is 0.353. The average Bonchev–Trinajstić information content (AvgIpc) is 3.25. The molecule has 1 unspecified atom stereocenters. The highest BCUT2D eigenvalue weighted by atomic mass is 32.1. The van der Waals surface area contributed by atoms with Crippen molar-refractivity contribution in [1.82, 2.24) is 19.6 Å². The Kier molecular flexibility index (Phi) is 4.58. The Morgan fingerprint density at radius 2 is 2.19 bits per heavy atom. The zero-order chi connectivity index (χ0) is 19.0. The van der Waals surface area contributed by atoms with Crippen LogP contribution in [0.15, 0.2) is 18.2 Å². The van der Waals surface area contributed by atoms with Crippen LogP contribution in [0.25, 0.3) is 0 Å². The molecule has 140 valence electrons. The zero-order valence-electron chi connectivity index (χ0n) is 14.4. The minimum absolute atomic E-state index is 0.178. The fourth-order valence-electron chi connectivity index (χ4n) is 3.39. The number of amides is 3. The standard InChI is InChI=1S/C17H18N6O3S/c18-6-13-20-17(27-22-13)19-7-9-2-1-3-10-11(9)8-23(16(10)26)12-4-5-14(24)21-15(12)25/h1-3,12H,4-8,18H2,(H,19,20,22)(H,21,24,25). The van der Waals surface area contributed by atoms with Gasteiger partial charge in [-0.05, 0) is 23.6 Å². The topological polar surface area (TPSA) is 130 Å². The molecule has 1 aromatic carbocycles. The number of hydrogen-bond donors (Lipinski definition) is 3. The number of imide groups is 1. The van der Waals surface area contributed by atoms with Gasteiger partial charge in [0.05, 0.1) is 6.54 Å². The normalized spacial score (nSPS) is 19.2. The van der Waals surface area contributed by atoms with E-state index in [0.717, 1.165) is 11.1 Å². The quantitative estimate of drug-likeness (QED) is 0.633. The Labute approximate surface area is 159 Å². The number of rotatable bonds is 5. The second-order valence-electron chi connectivity index (χ2n) is 6.42. The number of fused-ring (bicyclic) bond motifs is 1. The van der Waals surface area contributed by atoms with Gasteiger partial charge in [0.15, 0.2) is 5.82 Å². The SMILES string of the molecule is NCc1nsc(NCc2cccc3c2CN(C2CCC(=O)NC2=O)C3=O)n1. The smallest absolute Gasteiger partial charge is 0.255 e. The number of nitrogens with one attached hydrogen (secondary N) is 2. The molecule has 1 fully saturated rings. The minimum atomic E-state index is -0.612. The summed E-state index contributed by atoms with van der Waals surface area (Å²) in [7, 11) is 0. The molecular formula is C17H18N6O3S. The predicted octanol–water partition coefficient (Wildman–Crippen LogP) is 0.370. The van der Waals surface area contributed by atoms with Crippen LogP contribution in [0.5, 0.6) is 0 Å². The monoisotopic (exact) mass is 386 g/mol. The predicted molar refractivity (Wildman–Crippen MR) is 97.6 cm³/mol. The molecule has 0 bridgehead atoms. The van der Waals surface area contributed by atoms with Gasteiger partial charge in [-0.3, -0.25) is 19.7 Å². The van der Waals surface area contributed by atoms with E-state index in [1.165, 1.54) is 11.5 Å². The molecule has 9 nitrogen and oxygen atoms in total. The molecular weight excluding hydrogens is 368 g/mol. The van der Waals surface area contributed by atoms with Crippen molar-refractivity contribution in [3.8, 4) is 0 Å². The highest BCUT2D eigenvalue weighted by Gasteiger charge is 2.39. The molecule has 3 heterocycles. The van der Waals surface area contributed by atoms with Crippen LogP contribution in [0.3, 0.4) is 0 Å². The van der Waals surface area contributed by atoms with Gasteiger partial charge in [0.1, 0.15) is 6.04 Å². The van der Waals surface area contributed by atoms with Crippen LogP contribution in [0.4, 0.5) is 5.13 Å². The highest BCUT2D eigenvalue weighted by molar-refractivity contribution is 7.09. The number of carbonyl (C=O) groups is 3. The molecule has 1 aromatic heterocycles. The summed E-state index contributed by atoms with van der Waals surface area (Å²) in [5.74, 6) is -0.294. The third-order valence-corrected chi connectivity index (χ3v) is 5.47. The summed E-state index contributed by atoms with van der Waals surface area (Å²) in [6.45, 7) is 1.12. The molecule has 0 saturated carbocycles. The summed E-state index contributed by atoms with van der Waals surface area (Å²) in [4.78, 5) is 42.1. The Bertz CT molecular complexity index is 927. The first-order chi connectivity index (χ1) is 13.1. The van der Waals surface area contributed by atoms with Crippen molar-refractivity contribution in [2.24, 2.45) is 5.73 Å². The summed E-state index contributed by atoms with van der Waals surface area (Å²) in [5.41, 5.74) is 7.97. The van der Waals surface area contributed by atoms with E-state index >= 15 is 0 Å². The van der Waals surface area contributed by atoms with Crippen molar-refractivity contribution in [2.45, 2.75) is 38.5 Å². The third kappa shape index (κ3) is 3.28. The van der Waals surface area contributed by atoms with E-state index in [1.807, 2.05) is 12.1 Å². The summed E-state index contributed by atoms with van der Waals surface area (Å²) >= 11 is 1.24. The molecule has 0 radical (unpaired) electrons. The molecule has 4 rings (SSSR count). The minimum Gasteiger partial charge on any atom is -0.356 e. The first kappa shape index (κ1) is 17.6. The maximum Gasteiger partial charge on any atom is 0.255 e. The first-order valence-electron chi connectivity index (χ1n) is 8.58. The Morgan fingerprint density at radius 1 is 1.33 bits per heavy atom. The Hall–Kier alpha value is -2.85. The van der Waals surface area contributed by atoms with Crippen LogP contribution in [-0.2, 0) is 29.2 Å². The summed E-state index contributed by atoms with van der Waals surface area (Å²) in [6.07, 6.45) is 0.593. The lowest BCUT2D eigenvalue weighted by molar-refractivity contribution is -0.136. The van der Waals surface area contributed by atoms with Crippen molar-refractivity contribution in [1.29, 1.82) is 0 Å². The molecule has 10 heteroatoms. The number of nitrogens with two attached hydrogens (primary N) is 1. The van der Waals surface area contributed by atoms with Crippen molar-refractivity contribution in [3.05, 3.63) is 40.7 Å². The van der Waals surface area contributed by atoms with Gasteiger partial charge in [-0.25, -0.2) is 4.98 Å². The van der Waals surface area contributed by atoms with Crippen LogP contribution in [0, 0.1) is 0 Å². The lowest BCUT2D eigenvalue weighted by Crippen LogP contribution is -2.52. The number of aromatic nitrogens is 2. The molecule has 0 aliphatic carbocycles. The lowest BCUT2D eigenvalue weighted by Gasteiger charge is -2.29. The number of piperidine rings is 1. The molecule has 4 N–H and O–H groups in total. The Balaban J connectivity index is 1.52. The second kappa shape index (κ2) is 7.05. The molecule has 1 atom stereocenters. The molecule has 2 aliphatic heterocycles. The summed E-state index contributed by atoms with van der Waals surface area (Å²) < 4.78 is 4.13. The van der Waals surface area contributed by atoms with Gasteiger partial charge in [-0.15, -0.1) is 0 Å². The van der Waals surface area contributed by atoms with Crippen LogP contribution in [0.2, 0.25) is 0 Å². The van der Waals surface area contributed by atoms with Gasteiger partial charge in [-0.1, -0.05) is 12.1 Å². The molecule has 1 saturated heterocycles. The van der Waals surface area contributed by atoms with Crippen LogP contribution in [-0.4, -0.2) is 38.0 Å². The van der Waals surface area contributed by atoms with Crippen LogP contribution in [0.1, 0.15) is 40.2 Å². The zero-order valence-corrected chi connectivity index (χ0v) is 15.2. The van der Waals surface area contributed by atoms with Gasteiger partial charge in [0.2, 0.25) is 16.9 Å². The van der Waals surface area contributed by atoms with Gasteiger partial charge in [0, 0.05) is 36.6 Å². The van der Waals surface area contributed by atoms with Gasteiger partial charge < -0.3 is 16.0 Å². The number of anilines is 1. The number of carbonyl (C=O) groups excluding carboxylic acids is 3. The highest BCUT2D eigenvalue weighted by Crippen LogP contribution is 2.30. The maximum atomic E-state index is 12.8. The number of hydrogen-bond acceptors (Lipinski definition) is 8. The van der Waals surface area contributed by atoms with Gasteiger partial charge in [-0.2, -0.15) is 4.37 Å². The van der Waals surface area contributed by atoms with Crippen molar-refractivity contribution < 1.29 is 14.4 Å². The van der Waals surface area contributed by atoms with E-state index in [2.05, 4.69) is 20.0 Å². The molecule has 2 aliphatic rings. The number of nitrogens with zero attached hydrogens (tertiary/aromatic N) is 3. The van der Waals surface area contributed by atoms with Crippen molar-refractivity contribution in [3.63, 3.8) is 0 Å². The van der Waals surface area contributed by atoms with Crippen molar-refractivity contribution >= 4 is 34.4 Å². The molecule has 2 aromatic rings. The van der Waals surface area contributed by atoms with E-state index in [1.54, 1.807) is 11.0 Å². The first-order valence-corrected chi connectivity index (χ1v) is 9.36. The van der Waals surface area contributed by atoms with Crippen LogP contribution >= 0.6 is 11.5 Å². The fourth-order valence-corrected chi connectivity index (χ4v) is 3.99. The van der Waals surface area contributed by atoms with Crippen LogP contribution < -0.4 is 16.4 Å². The van der Waals surface area contributed by atoms with E-state index in [0.29, 0.717) is 36.0 Å². The molecule has 3 amide bonds. The van der Waals surface area contributed by atoms with E-state index < -0.39 is 11.9 Å². The van der Waals surface area contributed by atoms with E-state index in [9.17, 15) is 14.4 Å². The third-order valence-electron chi connectivity index (χ3n) is 4.76. The van der Waals surface area contributed by atoms with Gasteiger partial charge >= 0.3 is 0 Å². The lowest BCUT2D eigenvalue weighted by atomic mass is 10.0. The van der Waals surface area contributed by atoms with Gasteiger partial charge in [0.25, 0.3) is 5.91 Å². The van der Waals surface area contributed by atoms with E-state index in [4.69, 9.17) is 5.73 Å². The number of benzene rings is 1. The Morgan fingerprint density at radius 3 is 2.93 bits per heavy atom. The van der Waals surface area contributed by atoms with Crippen molar-refractivity contribution in [2.75, 3.05) is 5.32 Å². The average molecular weight is 386 g/mol. The summed E-state index contributed by atoms with van der Waals surface area (Å²) in [5, 5.41) is 6.19.